The second kappa shape index (κ2) is 57.9. The number of ether oxygens (including phenoxy) is 4. The predicted molar refractivity (Wildman–Crippen MR) is 327 cm³/mol. The fraction of sp³-hybridized carbons (Fsp3) is 0.662. The Morgan fingerprint density at radius 1 is 0.403 bits per heavy atom. The van der Waals surface area contributed by atoms with Gasteiger partial charge in [0, 0.05) is 12.8 Å². The van der Waals surface area contributed by atoms with Gasteiger partial charge >= 0.3 is 17.9 Å². The molecule has 0 heterocycles. The molecule has 0 amide bonds. The molecule has 77 heavy (non-hydrogen) atoms. The van der Waals surface area contributed by atoms with E-state index < -0.39 is 24.3 Å². The molecule has 0 rings (SSSR count). The van der Waals surface area contributed by atoms with Crippen molar-refractivity contribution in [2.45, 2.75) is 245 Å². The van der Waals surface area contributed by atoms with E-state index in [1.807, 2.05) is 21.1 Å². The molecule has 2 atom stereocenters. The first-order valence-electron chi connectivity index (χ1n) is 30.7. The van der Waals surface area contributed by atoms with Gasteiger partial charge in [-0.2, -0.15) is 0 Å². The molecule has 9 heteroatoms. The minimum Gasteiger partial charge on any atom is -0.477 e. The number of unbranched alkanes of at least 4 members (excludes halogenated alkanes) is 20. The van der Waals surface area contributed by atoms with Crippen molar-refractivity contribution < 1.29 is 42.9 Å². The zero-order valence-corrected chi connectivity index (χ0v) is 49.8. The van der Waals surface area contributed by atoms with Crippen LogP contribution in [-0.2, 0) is 33.3 Å². The third-order valence-corrected chi connectivity index (χ3v) is 12.7. The maximum absolute atomic E-state index is 12.9. The number of carbonyl (C=O) groups excluding carboxylic acids is 2. The number of carboxylic acid groups (broad SMARTS) is 1. The SMILES string of the molecule is CC/C=C\C/C=C\C/C=C\C/C=C\C/C=C\C/C=C\C/C=C\C/C=C\C/C=C\CCCC(=O)OC(COC(=O)CCCCCCCCCCCCC/C=C\CCCCCCCCCC)COC(OCC[N+](C)(C)C)C(=O)O. The van der Waals surface area contributed by atoms with Crippen molar-refractivity contribution in [1.82, 2.24) is 0 Å². The van der Waals surface area contributed by atoms with E-state index in [4.69, 9.17) is 18.9 Å². The van der Waals surface area contributed by atoms with Gasteiger partial charge in [0.05, 0.1) is 34.4 Å². The van der Waals surface area contributed by atoms with Gasteiger partial charge in [-0.15, -0.1) is 0 Å². The molecule has 0 radical (unpaired) electrons. The Kier molecular flexibility index (Phi) is 54.6. The topological polar surface area (TPSA) is 108 Å². The monoisotopic (exact) mass is 1070 g/mol. The van der Waals surface area contributed by atoms with Crippen molar-refractivity contribution in [3.63, 3.8) is 0 Å². The highest BCUT2D eigenvalue weighted by Gasteiger charge is 2.25. The number of allylic oxidation sites excluding steroid dienone is 20. The number of rotatable bonds is 55. The van der Waals surface area contributed by atoms with Crippen LogP contribution in [0.15, 0.2) is 122 Å². The number of carbonyl (C=O) groups is 3. The van der Waals surface area contributed by atoms with Crippen LogP contribution >= 0.6 is 0 Å². The number of esters is 2. The van der Waals surface area contributed by atoms with E-state index >= 15 is 0 Å². The average molecular weight is 1070 g/mol. The Hall–Kier alpha value is -4.31. The molecule has 0 saturated carbocycles. The molecular weight excluding hydrogens is 959 g/mol. The third kappa shape index (κ3) is 59.2. The third-order valence-electron chi connectivity index (χ3n) is 12.7. The predicted octanol–water partition coefficient (Wildman–Crippen LogP) is 18.5. The first-order chi connectivity index (χ1) is 37.6. The molecule has 0 aliphatic carbocycles. The average Bonchev–Trinajstić information content (AvgIpc) is 3.40. The molecule has 0 aliphatic heterocycles. The van der Waals surface area contributed by atoms with E-state index in [1.165, 1.54) is 116 Å². The molecule has 0 aromatic heterocycles. The van der Waals surface area contributed by atoms with Crippen molar-refractivity contribution in [3.05, 3.63) is 122 Å². The van der Waals surface area contributed by atoms with E-state index in [1.54, 1.807) is 0 Å². The Morgan fingerprint density at radius 2 is 0.753 bits per heavy atom. The zero-order valence-electron chi connectivity index (χ0n) is 49.8. The van der Waals surface area contributed by atoms with Gasteiger partial charge in [0.15, 0.2) is 6.10 Å². The van der Waals surface area contributed by atoms with E-state index in [2.05, 4.69) is 135 Å². The molecule has 9 nitrogen and oxygen atoms in total. The number of hydrogen-bond acceptors (Lipinski definition) is 7. The van der Waals surface area contributed by atoms with E-state index in [0.717, 1.165) is 77.0 Å². The van der Waals surface area contributed by atoms with Crippen molar-refractivity contribution in [1.29, 1.82) is 0 Å². The lowest BCUT2D eigenvalue weighted by atomic mass is 10.0. The van der Waals surface area contributed by atoms with Crippen LogP contribution in [-0.4, -0.2) is 87.4 Å². The van der Waals surface area contributed by atoms with Gasteiger partial charge in [-0.3, -0.25) is 9.59 Å². The molecule has 438 valence electrons. The highest BCUT2D eigenvalue weighted by molar-refractivity contribution is 5.71. The molecule has 0 aromatic rings. The Morgan fingerprint density at radius 3 is 1.16 bits per heavy atom. The number of hydrogen-bond donors (Lipinski definition) is 1. The minimum absolute atomic E-state index is 0.170. The molecule has 0 aromatic carbocycles. The van der Waals surface area contributed by atoms with Crippen LogP contribution in [0.1, 0.15) is 232 Å². The lowest BCUT2D eigenvalue weighted by Crippen LogP contribution is -2.40. The second-order valence-electron chi connectivity index (χ2n) is 21.3. The Balaban J connectivity index is 4.36. The summed E-state index contributed by atoms with van der Waals surface area (Å²) in [6.07, 6.45) is 78.6. The van der Waals surface area contributed by atoms with E-state index in [-0.39, 0.29) is 38.6 Å². The number of likely N-dealkylation sites (N-methyl/N-ethyl adjacent to an activating group) is 1. The highest BCUT2D eigenvalue weighted by Crippen LogP contribution is 2.15. The van der Waals surface area contributed by atoms with E-state index in [9.17, 15) is 19.5 Å². The summed E-state index contributed by atoms with van der Waals surface area (Å²) in [5.41, 5.74) is 0. The summed E-state index contributed by atoms with van der Waals surface area (Å²) in [6.45, 7) is 4.69. The standard InChI is InChI=1S/C68H113NO8/c1-6-8-10-12-14-16-18-20-22-24-26-28-30-31-32-33-34-35-37-39-41-43-45-47-49-51-53-55-57-59-66(71)77-64(63-76-68(67(72)73)74-61-60-69(3,4)5)62-75-65(70)58-56-54-52-50-48-46-44-42-40-38-36-29-27-25-23-21-19-17-15-13-11-9-7-2/h8,10,14,16,20,22,25-28,31-32,34-35,39,41,45,47,51,53,64,68H,6-7,9,11-13,15,17-19,21,23-24,29-30,33,36-38,40,42-44,46,48-50,52,54-63H2,1-5H3/p+1/b10-8-,16-14-,22-20-,27-25-,28-26-,32-31-,35-34-,41-39-,47-45-,53-51-. The molecule has 0 spiro atoms. The van der Waals surface area contributed by atoms with Crippen LogP contribution in [0, 0.1) is 0 Å². The first kappa shape index (κ1) is 72.7. The van der Waals surface area contributed by atoms with Crippen LogP contribution in [0.3, 0.4) is 0 Å². The van der Waals surface area contributed by atoms with Gasteiger partial charge in [-0.05, 0) is 103 Å². The molecular formula is C68H114NO8+. The summed E-state index contributed by atoms with van der Waals surface area (Å²) in [5.74, 6) is -2.10. The summed E-state index contributed by atoms with van der Waals surface area (Å²) < 4.78 is 22.8. The fourth-order valence-electron chi connectivity index (χ4n) is 8.01. The van der Waals surface area contributed by atoms with Gasteiger partial charge in [0.25, 0.3) is 6.29 Å². The number of quaternary nitrogens is 1. The quantitative estimate of drug-likeness (QED) is 0.0211. The molecule has 0 saturated heterocycles. The molecule has 0 fully saturated rings. The van der Waals surface area contributed by atoms with Crippen LogP contribution in [0.2, 0.25) is 0 Å². The van der Waals surface area contributed by atoms with Gasteiger partial charge in [-0.25, -0.2) is 4.79 Å². The smallest absolute Gasteiger partial charge is 0.361 e. The fourth-order valence-corrected chi connectivity index (χ4v) is 8.01. The number of aliphatic carboxylic acids is 1. The Bertz CT molecular complexity index is 1670. The lowest BCUT2D eigenvalue weighted by molar-refractivity contribution is -0.870. The summed E-state index contributed by atoms with van der Waals surface area (Å²) in [7, 11) is 5.94. The van der Waals surface area contributed by atoms with Gasteiger partial charge in [-0.1, -0.05) is 238 Å². The van der Waals surface area contributed by atoms with Crippen LogP contribution in [0.5, 0.6) is 0 Å². The van der Waals surface area contributed by atoms with Gasteiger partial charge in [0.1, 0.15) is 13.2 Å². The first-order valence-corrected chi connectivity index (χ1v) is 30.7. The van der Waals surface area contributed by atoms with Crippen molar-refractivity contribution in [3.8, 4) is 0 Å². The van der Waals surface area contributed by atoms with Crippen LogP contribution < -0.4 is 0 Å². The van der Waals surface area contributed by atoms with E-state index in [0.29, 0.717) is 23.9 Å². The largest absolute Gasteiger partial charge is 0.477 e. The van der Waals surface area contributed by atoms with Gasteiger partial charge < -0.3 is 28.5 Å². The summed E-state index contributed by atoms with van der Waals surface area (Å²) in [5, 5.41) is 9.71. The Labute approximate surface area is 472 Å². The van der Waals surface area contributed by atoms with Gasteiger partial charge in [0.2, 0.25) is 0 Å². The second-order valence-corrected chi connectivity index (χ2v) is 21.3. The van der Waals surface area contributed by atoms with Crippen molar-refractivity contribution in [2.24, 2.45) is 0 Å². The molecule has 1 N–H and O–H groups in total. The summed E-state index contributed by atoms with van der Waals surface area (Å²) in [4.78, 5) is 37.5. The number of carboxylic acids is 1. The minimum atomic E-state index is -1.53. The molecule has 0 aliphatic rings. The van der Waals surface area contributed by atoms with Crippen molar-refractivity contribution in [2.75, 3.05) is 47.5 Å². The van der Waals surface area contributed by atoms with Crippen LogP contribution in [0.25, 0.3) is 0 Å². The summed E-state index contributed by atoms with van der Waals surface area (Å²) in [6, 6.07) is 0. The lowest BCUT2D eigenvalue weighted by Gasteiger charge is -2.25. The number of nitrogens with zero attached hydrogens (tertiary/aromatic N) is 1. The summed E-state index contributed by atoms with van der Waals surface area (Å²) >= 11 is 0. The highest BCUT2D eigenvalue weighted by atomic mass is 16.7. The molecule has 2 unspecified atom stereocenters. The maximum Gasteiger partial charge on any atom is 0.361 e. The maximum atomic E-state index is 12.9. The molecule has 0 bridgehead atoms. The van der Waals surface area contributed by atoms with Crippen molar-refractivity contribution >= 4 is 17.9 Å². The zero-order chi connectivity index (χ0) is 56.2. The van der Waals surface area contributed by atoms with Crippen LogP contribution in [0.4, 0.5) is 0 Å². The normalized spacial score (nSPS) is 13.6.